The van der Waals surface area contributed by atoms with E-state index in [9.17, 15) is 4.79 Å². The normalized spacial score (nSPS) is 24.1. The summed E-state index contributed by atoms with van der Waals surface area (Å²) in [6.07, 6.45) is 0.216. The molecule has 0 aromatic heterocycles. The van der Waals surface area contributed by atoms with Crippen molar-refractivity contribution in [1.29, 1.82) is 0 Å². The van der Waals surface area contributed by atoms with Gasteiger partial charge in [0.2, 0.25) is 0 Å². The zero-order valence-electron chi connectivity index (χ0n) is 11.6. The van der Waals surface area contributed by atoms with E-state index >= 15 is 0 Å². The van der Waals surface area contributed by atoms with Gasteiger partial charge in [-0.15, -0.1) is 0 Å². The van der Waals surface area contributed by atoms with Gasteiger partial charge in [-0.1, -0.05) is 37.3 Å². The number of piperidine rings is 1. The molecule has 4 nitrogen and oxygen atoms in total. The molecule has 2 atom stereocenters. The zero-order valence-corrected chi connectivity index (χ0v) is 11.6. The quantitative estimate of drug-likeness (QED) is 0.910. The number of nitrogens with zero attached hydrogens (tertiary/aromatic N) is 2. The molecule has 2 rings (SSSR count). The minimum absolute atomic E-state index is 0.0926. The van der Waals surface area contributed by atoms with Crippen molar-refractivity contribution in [2.45, 2.75) is 25.9 Å². The molecular formula is C15H22N2O2. The van der Waals surface area contributed by atoms with Gasteiger partial charge in [0, 0.05) is 20.1 Å². The Labute approximate surface area is 114 Å². The van der Waals surface area contributed by atoms with Crippen molar-refractivity contribution >= 4 is 6.09 Å². The Kier molecular flexibility index (Phi) is 4.43. The lowest BCUT2D eigenvalue weighted by atomic mass is 9.92. The Balaban J connectivity index is 1.99. The summed E-state index contributed by atoms with van der Waals surface area (Å²) >= 11 is 0. The molecule has 1 fully saturated rings. The summed E-state index contributed by atoms with van der Waals surface area (Å²) in [5.74, 6) is 0.424. The predicted octanol–water partition coefficient (Wildman–Crippen LogP) is 2.51. The fourth-order valence-corrected chi connectivity index (χ4v) is 2.75. The van der Waals surface area contributed by atoms with Crippen LogP contribution in [0.2, 0.25) is 0 Å². The van der Waals surface area contributed by atoms with E-state index in [2.05, 4.69) is 24.0 Å². The van der Waals surface area contributed by atoms with E-state index in [0.29, 0.717) is 5.92 Å². The van der Waals surface area contributed by atoms with Crippen LogP contribution in [0, 0.1) is 5.92 Å². The van der Waals surface area contributed by atoms with Gasteiger partial charge in [0.05, 0.1) is 6.04 Å². The van der Waals surface area contributed by atoms with E-state index < -0.39 is 6.09 Å². The van der Waals surface area contributed by atoms with Gasteiger partial charge in [-0.25, -0.2) is 4.79 Å². The second kappa shape index (κ2) is 6.06. The van der Waals surface area contributed by atoms with Gasteiger partial charge in [-0.05, 0) is 24.4 Å². The Morgan fingerprint density at radius 3 is 2.74 bits per heavy atom. The van der Waals surface area contributed by atoms with Crippen LogP contribution in [-0.2, 0) is 6.54 Å². The Hall–Kier alpha value is -1.55. The summed E-state index contributed by atoms with van der Waals surface area (Å²) < 4.78 is 0. The van der Waals surface area contributed by atoms with Crippen molar-refractivity contribution < 1.29 is 9.90 Å². The van der Waals surface area contributed by atoms with Gasteiger partial charge in [-0.3, -0.25) is 4.90 Å². The summed E-state index contributed by atoms with van der Waals surface area (Å²) in [5.41, 5.74) is 1.29. The molecule has 1 aliphatic rings. The molecule has 0 bridgehead atoms. The van der Waals surface area contributed by atoms with Gasteiger partial charge in [0.25, 0.3) is 0 Å². The Morgan fingerprint density at radius 2 is 2.11 bits per heavy atom. The van der Waals surface area contributed by atoms with Crippen molar-refractivity contribution in [1.82, 2.24) is 9.80 Å². The lowest BCUT2D eigenvalue weighted by Gasteiger charge is -2.40. The van der Waals surface area contributed by atoms with Crippen molar-refractivity contribution in [3.05, 3.63) is 35.9 Å². The van der Waals surface area contributed by atoms with Crippen LogP contribution in [0.3, 0.4) is 0 Å². The molecule has 0 unspecified atom stereocenters. The summed E-state index contributed by atoms with van der Waals surface area (Å²) in [6.45, 7) is 4.90. The van der Waals surface area contributed by atoms with Crippen LogP contribution in [0.4, 0.5) is 4.79 Å². The molecule has 1 saturated heterocycles. The molecule has 1 N–H and O–H groups in total. The highest BCUT2D eigenvalue weighted by atomic mass is 16.4. The van der Waals surface area contributed by atoms with Gasteiger partial charge in [0.15, 0.2) is 0 Å². The van der Waals surface area contributed by atoms with Crippen molar-refractivity contribution in [2.24, 2.45) is 5.92 Å². The lowest BCUT2D eigenvalue weighted by Crippen LogP contribution is -2.51. The molecular weight excluding hydrogens is 240 g/mol. The first kappa shape index (κ1) is 13.9. The smallest absolute Gasteiger partial charge is 0.407 e. The standard InChI is InChI=1S/C15H22N2O2/c1-12-8-9-17(10-13-6-4-3-5-7-13)11-14(12)16(2)15(18)19/h3-7,12,14H,8-11H2,1-2H3,(H,18,19)/t12-,14+/m0/s1. The van der Waals surface area contributed by atoms with E-state index in [0.717, 1.165) is 26.1 Å². The number of carboxylic acid groups (broad SMARTS) is 1. The molecule has 1 aliphatic heterocycles. The van der Waals surface area contributed by atoms with E-state index in [1.165, 1.54) is 10.5 Å². The third-order valence-electron chi connectivity index (χ3n) is 4.05. The molecule has 4 heteroatoms. The highest BCUT2D eigenvalue weighted by Crippen LogP contribution is 2.22. The minimum atomic E-state index is -0.835. The average Bonchev–Trinajstić information content (AvgIpc) is 2.41. The maximum absolute atomic E-state index is 11.1. The molecule has 104 valence electrons. The summed E-state index contributed by atoms with van der Waals surface area (Å²) in [6, 6.07) is 10.4. The monoisotopic (exact) mass is 262 g/mol. The van der Waals surface area contributed by atoms with Gasteiger partial charge < -0.3 is 10.0 Å². The van der Waals surface area contributed by atoms with Crippen LogP contribution in [0.5, 0.6) is 0 Å². The van der Waals surface area contributed by atoms with Crippen LogP contribution < -0.4 is 0 Å². The van der Waals surface area contributed by atoms with Crippen molar-refractivity contribution in [2.75, 3.05) is 20.1 Å². The number of likely N-dealkylation sites (N-methyl/N-ethyl adjacent to an activating group) is 1. The second-order valence-electron chi connectivity index (χ2n) is 5.45. The van der Waals surface area contributed by atoms with Crippen molar-refractivity contribution in [3.63, 3.8) is 0 Å². The molecule has 1 amide bonds. The fraction of sp³-hybridized carbons (Fsp3) is 0.533. The average molecular weight is 262 g/mol. The number of amides is 1. The van der Waals surface area contributed by atoms with E-state index in [1.807, 2.05) is 18.2 Å². The van der Waals surface area contributed by atoms with Gasteiger partial charge in [0.1, 0.15) is 0 Å². The van der Waals surface area contributed by atoms with Crippen LogP contribution in [0.1, 0.15) is 18.9 Å². The first-order chi connectivity index (χ1) is 9.08. The Bertz CT molecular complexity index is 421. The molecule has 0 spiro atoms. The number of hydrogen-bond donors (Lipinski definition) is 1. The number of hydrogen-bond acceptors (Lipinski definition) is 2. The molecule has 1 heterocycles. The largest absolute Gasteiger partial charge is 0.465 e. The molecule has 0 aliphatic carbocycles. The van der Waals surface area contributed by atoms with Crippen molar-refractivity contribution in [3.8, 4) is 0 Å². The topological polar surface area (TPSA) is 43.8 Å². The summed E-state index contributed by atoms with van der Waals surface area (Å²) in [7, 11) is 1.68. The van der Waals surface area contributed by atoms with E-state index in [1.54, 1.807) is 7.05 Å². The van der Waals surface area contributed by atoms with Gasteiger partial charge >= 0.3 is 6.09 Å². The number of benzene rings is 1. The summed E-state index contributed by atoms with van der Waals surface area (Å²) in [5, 5.41) is 9.14. The maximum atomic E-state index is 11.1. The third kappa shape index (κ3) is 3.47. The maximum Gasteiger partial charge on any atom is 0.407 e. The molecule has 19 heavy (non-hydrogen) atoms. The van der Waals surface area contributed by atoms with E-state index in [4.69, 9.17) is 5.11 Å². The minimum Gasteiger partial charge on any atom is -0.465 e. The molecule has 1 aromatic rings. The molecule has 1 aromatic carbocycles. The SMILES string of the molecule is C[C@H]1CCN(Cc2ccccc2)C[C@H]1N(C)C(=O)O. The highest BCUT2D eigenvalue weighted by Gasteiger charge is 2.31. The number of carbonyl (C=O) groups is 1. The van der Waals surface area contributed by atoms with E-state index in [-0.39, 0.29) is 6.04 Å². The summed E-state index contributed by atoms with van der Waals surface area (Å²) in [4.78, 5) is 14.9. The molecule has 0 radical (unpaired) electrons. The fourth-order valence-electron chi connectivity index (χ4n) is 2.75. The van der Waals surface area contributed by atoms with Crippen LogP contribution in [-0.4, -0.2) is 47.2 Å². The van der Waals surface area contributed by atoms with Crippen LogP contribution >= 0.6 is 0 Å². The second-order valence-corrected chi connectivity index (χ2v) is 5.45. The zero-order chi connectivity index (χ0) is 13.8. The van der Waals surface area contributed by atoms with Gasteiger partial charge in [-0.2, -0.15) is 0 Å². The first-order valence-electron chi connectivity index (χ1n) is 6.80. The lowest BCUT2D eigenvalue weighted by molar-refractivity contribution is 0.0666. The third-order valence-corrected chi connectivity index (χ3v) is 4.05. The Morgan fingerprint density at radius 1 is 1.42 bits per heavy atom. The number of likely N-dealkylation sites (tertiary alicyclic amines) is 1. The first-order valence-corrected chi connectivity index (χ1v) is 6.80. The number of rotatable bonds is 3. The highest BCUT2D eigenvalue weighted by molar-refractivity contribution is 5.65. The van der Waals surface area contributed by atoms with Crippen LogP contribution in [0.25, 0.3) is 0 Å². The molecule has 0 saturated carbocycles. The van der Waals surface area contributed by atoms with Crippen LogP contribution in [0.15, 0.2) is 30.3 Å². The predicted molar refractivity (Wildman–Crippen MR) is 75.1 cm³/mol.